The summed E-state index contributed by atoms with van der Waals surface area (Å²) in [4.78, 5) is 30.1. The van der Waals surface area contributed by atoms with E-state index in [0.29, 0.717) is 23.6 Å². The zero-order chi connectivity index (χ0) is 23.0. The number of nitrogens with zero attached hydrogens (tertiary/aromatic N) is 3. The number of hydrogen-bond acceptors (Lipinski definition) is 4. The van der Waals surface area contributed by atoms with Crippen LogP contribution in [-0.2, 0) is 16.8 Å². The van der Waals surface area contributed by atoms with Gasteiger partial charge < -0.3 is 25.5 Å². The minimum atomic E-state index is -1.55. The van der Waals surface area contributed by atoms with Crippen LogP contribution in [0.2, 0.25) is 5.02 Å². The van der Waals surface area contributed by atoms with Gasteiger partial charge in [-0.15, -0.1) is 0 Å². The fourth-order valence-electron chi connectivity index (χ4n) is 3.47. The van der Waals surface area contributed by atoms with Gasteiger partial charge in [-0.25, -0.2) is 9.78 Å². The third-order valence-corrected chi connectivity index (χ3v) is 5.78. The monoisotopic (exact) mass is 455 g/mol. The Bertz CT molecular complexity index is 1260. The quantitative estimate of drug-likeness (QED) is 0.382. The van der Waals surface area contributed by atoms with E-state index in [1.165, 1.54) is 6.07 Å². The predicted octanol–water partition coefficient (Wildman–Crippen LogP) is 4.53. The second kappa shape index (κ2) is 8.16. The summed E-state index contributed by atoms with van der Waals surface area (Å²) in [6, 6.07) is 8.90. The molecule has 0 bridgehead atoms. The van der Waals surface area contributed by atoms with Crippen LogP contribution in [0.5, 0.6) is 11.5 Å². The largest absolute Gasteiger partial charge is 0.463 e. The van der Waals surface area contributed by atoms with Crippen molar-refractivity contribution < 1.29 is 19.4 Å². The first-order valence-electron chi connectivity index (χ1n) is 10.1. The predicted molar refractivity (Wildman–Crippen MR) is 122 cm³/mol. The number of aromatic nitrogens is 2. The number of anilines is 1. The normalized spacial score (nSPS) is 14.9. The number of imidazole rings is 1. The second-order valence-corrected chi connectivity index (χ2v) is 8.30. The molecule has 3 aromatic rings. The van der Waals surface area contributed by atoms with E-state index in [4.69, 9.17) is 27.2 Å². The van der Waals surface area contributed by atoms with Crippen LogP contribution in [0.25, 0.3) is 11.0 Å². The van der Waals surface area contributed by atoms with Crippen molar-refractivity contribution in [2.45, 2.75) is 38.6 Å². The summed E-state index contributed by atoms with van der Waals surface area (Å²) in [5, 5.41) is 11.4. The second-order valence-electron chi connectivity index (χ2n) is 7.90. The maximum atomic E-state index is 12.0. The van der Waals surface area contributed by atoms with Gasteiger partial charge in [0, 0.05) is 17.3 Å². The van der Waals surface area contributed by atoms with Crippen molar-refractivity contribution >= 4 is 46.2 Å². The summed E-state index contributed by atoms with van der Waals surface area (Å²) >= 11 is 6.47. The Hall–Kier alpha value is -3.59. The summed E-state index contributed by atoms with van der Waals surface area (Å²) in [6.07, 6.45) is 3.12. The first-order valence-corrected chi connectivity index (χ1v) is 10.4. The average Bonchev–Trinajstić information content (AvgIpc) is 3.33. The number of nitrogens with two attached hydrogens (primary N) is 1. The van der Waals surface area contributed by atoms with Crippen LogP contribution in [0.4, 0.5) is 10.5 Å². The van der Waals surface area contributed by atoms with Gasteiger partial charge in [0.15, 0.2) is 5.84 Å². The molecule has 32 heavy (non-hydrogen) atoms. The van der Waals surface area contributed by atoms with Gasteiger partial charge in [-0.3, -0.25) is 4.79 Å². The molecule has 9 nitrogen and oxygen atoms in total. The van der Waals surface area contributed by atoms with Crippen molar-refractivity contribution in [1.29, 1.82) is 0 Å². The number of amides is 2. The number of benzene rings is 2. The molecule has 10 heteroatoms. The molecule has 0 spiro atoms. The van der Waals surface area contributed by atoms with Crippen LogP contribution in [-0.4, -0.2) is 32.5 Å². The lowest BCUT2D eigenvalue weighted by molar-refractivity contribution is -0.110. The molecular formula is C22H22ClN5O4. The van der Waals surface area contributed by atoms with Crippen LogP contribution in [0.15, 0.2) is 41.7 Å². The van der Waals surface area contributed by atoms with E-state index < -0.39 is 17.8 Å². The zero-order valence-electron chi connectivity index (χ0n) is 17.6. The SMILES string of the molecule is CCc1cc(NC(=O)/C(N)=N/C(=O)O)cc(Cl)c1Oc1ccc2ncn(C3(C)CC3)c2c1. The van der Waals surface area contributed by atoms with E-state index in [2.05, 4.69) is 26.8 Å². The summed E-state index contributed by atoms with van der Waals surface area (Å²) < 4.78 is 8.32. The van der Waals surface area contributed by atoms with E-state index in [-0.39, 0.29) is 10.6 Å². The number of nitrogens with one attached hydrogen (secondary N) is 1. The number of aliphatic imine (C=N–C) groups is 1. The highest BCUT2D eigenvalue weighted by molar-refractivity contribution is 6.42. The highest BCUT2D eigenvalue weighted by Gasteiger charge is 2.40. The Morgan fingerprint density at radius 2 is 2.09 bits per heavy atom. The number of fused-ring (bicyclic) bond motifs is 1. The maximum Gasteiger partial charge on any atom is 0.433 e. The van der Waals surface area contributed by atoms with Gasteiger partial charge in [-0.05, 0) is 56.0 Å². The summed E-state index contributed by atoms with van der Waals surface area (Å²) in [7, 11) is 0. The number of amidine groups is 1. The Morgan fingerprint density at radius 1 is 1.34 bits per heavy atom. The number of carbonyl (C=O) groups is 2. The van der Waals surface area contributed by atoms with E-state index in [1.807, 2.05) is 31.5 Å². The van der Waals surface area contributed by atoms with Crippen LogP contribution < -0.4 is 15.8 Å². The topological polar surface area (TPSA) is 132 Å². The summed E-state index contributed by atoms with van der Waals surface area (Å²) in [5.74, 6) is -0.412. The molecule has 2 aromatic carbocycles. The molecule has 1 saturated carbocycles. The number of hydrogen-bond donors (Lipinski definition) is 3. The minimum Gasteiger partial charge on any atom is -0.463 e. The Morgan fingerprint density at radius 3 is 2.75 bits per heavy atom. The molecule has 2 amide bonds. The first kappa shape index (κ1) is 21.6. The molecule has 1 heterocycles. The molecule has 0 unspecified atom stereocenters. The van der Waals surface area contributed by atoms with Crippen LogP contribution in [0.3, 0.4) is 0 Å². The van der Waals surface area contributed by atoms with Crippen LogP contribution >= 0.6 is 11.6 Å². The number of carboxylic acid groups (broad SMARTS) is 1. The van der Waals surface area contributed by atoms with Crippen LogP contribution in [0, 0.1) is 0 Å². The van der Waals surface area contributed by atoms with Crippen molar-refractivity contribution in [1.82, 2.24) is 9.55 Å². The molecule has 0 atom stereocenters. The zero-order valence-corrected chi connectivity index (χ0v) is 18.3. The number of ether oxygens (including phenoxy) is 1. The van der Waals surface area contributed by atoms with Crippen molar-refractivity contribution in [3.63, 3.8) is 0 Å². The Kier molecular flexibility index (Phi) is 5.52. The van der Waals surface area contributed by atoms with Crippen LogP contribution in [0.1, 0.15) is 32.3 Å². The molecule has 4 rings (SSSR count). The fraction of sp³-hybridized carbons (Fsp3) is 0.273. The van der Waals surface area contributed by atoms with Gasteiger partial charge in [0.1, 0.15) is 11.5 Å². The van der Waals surface area contributed by atoms with Crippen molar-refractivity contribution in [3.8, 4) is 11.5 Å². The molecule has 1 aromatic heterocycles. The summed E-state index contributed by atoms with van der Waals surface area (Å²) in [6.45, 7) is 4.13. The van der Waals surface area contributed by atoms with Gasteiger partial charge in [0.05, 0.1) is 22.4 Å². The standard InChI is InChI=1S/C22H22ClN5O4/c1-3-12-8-13(26-20(29)19(24)27-21(30)31)9-15(23)18(12)32-14-4-5-16-17(10-14)28(11-25-16)22(2)6-7-22/h4-5,8-11H,3,6-7H2,1-2H3,(H2,24,27)(H,26,29)(H,30,31). The van der Waals surface area contributed by atoms with Gasteiger partial charge in [0.2, 0.25) is 0 Å². The van der Waals surface area contributed by atoms with E-state index in [0.717, 1.165) is 29.4 Å². The van der Waals surface area contributed by atoms with Crippen molar-refractivity contribution in [3.05, 3.63) is 47.2 Å². The van der Waals surface area contributed by atoms with E-state index >= 15 is 0 Å². The fourth-order valence-corrected chi connectivity index (χ4v) is 3.75. The Labute approximate surface area is 188 Å². The molecule has 4 N–H and O–H groups in total. The first-order chi connectivity index (χ1) is 15.2. The lowest BCUT2D eigenvalue weighted by Crippen LogP contribution is -2.31. The molecule has 1 fully saturated rings. The molecule has 1 aliphatic rings. The molecule has 0 radical (unpaired) electrons. The molecule has 166 valence electrons. The average molecular weight is 456 g/mol. The smallest absolute Gasteiger partial charge is 0.433 e. The molecular weight excluding hydrogens is 434 g/mol. The third kappa shape index (κ3) is 4.24. The third-order valence-electron chi connectivity index (χ3n) is 5.50. The molecule has 1 aliphatic carbocycles. The van der Waals surface area contributed by atoms with Gasteiger partial charge in [-0.1, -0.05) is 18.5 Å². The van der Waals surface area contributed by atoms with Crippen molar-refractivity contribution in [2.75, 3.05) is 5.32 Å². The molecule has 0 aliphatic heterocycles. The number of carbonyl (C=O) groups excluding carboxylic acids is 1. The van der Waals surface area contributed by atoms with Crippen molar-refractivity contribution in [2.24, 2.45) is 10.7 Å². The van der Waals surface area contributed by atoms with E-state index in [9.17, 15) is 9.59 Å². The van der Waals surface area contributed by atoms with Gasteiger partial charge in [0.25, 0.3) is 5.91 Å². The number of aryl methyl sites for hydroxylation is 1. The maximum absolute atomic E-state index is 12.0. The lowest BCUT2D eigenvalue weighted by Gasteiger charge is -2.16. The highest BCUT2D eigenvalue weighted by atomic mass is 35.5. The number of halogens is 1. The Balaban J connectivity index is 1.62. The van der Waals surface area contributed by atoms with Gasteiger partial charge >= 0.3 is 6.09 Å². The summed E-state index contributed by atoms with van der Waals surface area (Å²) in [5.41, 5.74) is 8.48. The van der Waals surface area contributed by atoms with Gasteiger partial charge in [-0.2, -0.15) is 4.99 Å². The highest BCUT2D eigenvalue weighted by Crippen LogP contribution is 2.45. The molecule has 0 saturated heterocycles. The van der Waals surface area contributed by atoms with E-state index in [1.54, 1.807) is 6.07 Å². The number of rotatable bonds is 5. The minimum absolute atomic E-state index is 0.102. The lowest BCUT2D eigenvalue weighted by atomic mass is 10.1.